The van der Waals surface area contributed by atoms with Crippen molar-refractivity contribution in [1.29, 1.82) is 0 Å². The molecule has 0 spiro atoms. The van der Waals surface area contributed by atoms with E-state index < -0.39 is 0 Å². The molecule has 1 unspecified atom stereocenters. The largest absolute Gasteiger partial charge is 0.317 e. The van der Waals surface area contributed by atoms with Gasteiger partial charge in [0.25, 0.3) is 0 Å². The Hall–Kier alpha value is -0.410. The van der Waals surface area contributed by atoms with Gasteiger partial charge in [0, 0.05) is 16.4 Å². The molecule has 0 aliphatic carbocycles. The lowest BCUT2D eigenvalue weighted by molar-refractivity contribution is 0.516. The average molecular weight is 257 g/mol. The van der Waals surface area contributed by atoms with E-state index in [4.69, 9.17) is 0 Å². The summed E-state index contributed by atoms with van der Waals surface area (Å²) >= 11 is 3.38. The van der Waals surface area contributed by atoms with Crippen LogP contribution in [0.1, 0.15) is 19.5 Å². The maximum absolute atomic E-state index is 4.35. The van der Waals surface area contributed by atoms with Crippen molar-refractivity contribution in [2.24, 2.45) is 5.92 Å². The van der Waals surface area contributed by atoms with Gasteiger partial charge in [0.05, 0.1) is 0 Å². The molecule has 14 heavy (non-hydrogen) atoms. The van der Waals surface area contributed by atoms with Crippen LogP contribution in [0.3, 0.4) is 0 Å². The molecule has 1 atom stereocenters. The summed E-state index contributed by atoms with van der Waals surface area (Å²) in [6.07, 6.45) is 2.90. The number of aromatic nitrogens is 1. The van der Waals surface area contributed by atoms with Gasteiger partial charge in [0.1, 0.15) is 0 Å². The smallest absolute Gasteiger partial charge is 0.0413 e. The number of rotatable bonds is 5. The van der Waals surface area contributed by atoms with Crippen molar-refractivity contribution in [3.05, 3.63) is 28.5 Å². The Morgan fingerprint density at radius 2 is 2.29 bits per heavy atom. The van der Waals surface area contributed by atoms with Crippen molar-refractivity contribution >= 4 is 15.9 Å². The zero-order valence-electron chi connectivity index (χ0n) is 8.76. The fourth-order valence-electron chi connectivity index (χ4n) is 1.35. The Bertz CT molecular complexity index is 258. The van der Waals surface area contributed by atoms with Crippen molar-refractivity contribution in [2.45, 2.75) is 20.3 Å². The van der Waals surface area contributed by atoms with Gasteiger partial charge in [-0.2, -0.15) is 0 Å². The summed E-state index contributed by atoms with van der Waals surface area (Å²) in [5.41, 5.74) is 1.17. The van der Waals surface area contributed by atoms with Crippen LogP contribution in [0.4, 0.5) is 0 Å². The van der Waals surface area contributed by atoms with Crippen LogP contribution in [-0.2, 0) is 6.42 Å². The molecule has 0 saturated heterocycles. The van der Waals surface area contributed by atoms with Gasteiger partial charge in [-0.3, -0.25) is 4.98 Å². The molecule has 78 valence electrons. The first kappa shape index (κ1) is 11.7. The molecule has 0 bridgehead atoms. The topological polar surface area (TPSA) is 24.9 Å². The van der Waals surface area contributed by atoms with Gasteiger partial charge in [-0.1, -0.05) is 13.8 Å². The van der Waals surface area contributed by atoms with E-state index in [1.807, 2.05) is 12.3 Å². The minimum atomic E-state index is 0.642. The molecule has 0 aromatic carbocycles. The molecule has 3 heteroatoms. The first-order chi connectivity index (χ1) is 6.72. The summed E-state index contributed by atoms with van der Waals surface area (Å²) in [5, 5.41) is 3.34. The molecule has 0 radical (unpaired) electrons. The number of hydrogen-bond donors (Lipinski definition) is 1. The van der Waals surface area contributed by atoms with Gasteiger partial charge in [-0.05, 0) is 53.5 Å². The third-order valence-electron chi connectivity index (χ3n) is 2.09. The maximum atomic E-state index is 4.35. The van der Waals surface area contributed by atoms with E-state index in [2.05, 4.69) is 46.1 Å². The average Bonchev–Trinajstić information content (AvgIpc) is 2.18. The van der Waals surface area contributed by atoms with Crippen LogP contribution in [0.25, 0.3) is 0 Å². The van der Waals surface area contributed by atoms with Crippen LogP contribution in [0, 0.1) is 5.92 Å². The van der Waals surface area contributed by atoms with Crippen LogP contribution < -0.4 is 5.32 Å². The van der Waals surface area contributed by atoms with Crippen molar-refractivity contribution < 1.29 is 0 Å². The predicted octanol–water partition coefficient (Wildman–Crippen LogP) is 2.63. The summed E-state index contributed by atoms with van der Waals surface area (Å²) < 4.78 is 1.04. The summed E-state index contributed by atoms with van der Waals surface area (Å²) in [5.74, 6) is 0.642. The predicted molar refractivity (Wildman–Crippen MR) is 63.3 cm³/mol. The Labute approximate surface area is 94.3 Å². The van der Waals surface area contributed by atoms with Gasteiger partial charge >= 0.3 is 0 Å². The van der Waals surface area contributed by atoms with Crippen molar-refractivity contribution in [1.82, 2.24) is 10.3 Å². The zero-order valence-corrected chi connectivity index (χ0v) is 10.3. The van der Waals surface area contributed by atoms with Crippen LogP contribution in [0.2, 0.25) is 0 Å². The Balaban J connectivity index is 2.39. The highest BCUT2D eigenvalue weighted by Crippen LogP contribution is 2.10. The minimum Gasteiger partial charge on any atom is -0.317 e. The molecule has 1 rings (SSSR count). The highest BCUT2D eigenvalue weighted by atomic mass is 79.9. The van der Waals surface area contributed by atoms with E-state index in [9.17, 15) is 0 Å². The zero-order chi connectivity index (χ0) is 10.4. The van der Waals surface area contributed by atoms with E-state index >= 15 is 0 Å². The molecule has 1 aromatic rings. The normalized spacial score (nSPS) is 12.8. The van der Waals surface area contributed by atoms with Gasteiger partial charge in [-0.25, -0.2) is 0 Å². The lowest BCUT2D eigenvalue weighted by atomic mass is 10.1. The number of hydrogen-bond acceptors (Lipinski definition) is 2. The number of nitrogens with one attached hydrogen (secondary N) is 1. The highest BCUT2D eigenvalue weighted by molar-refractivity contribution is 9.10. The minimum absolute atomic E-state index is 0.642. The van der Waals surface area contributed by atoms with Crippen LogP contribution in [-0.4, -0.2) is 18.1 Å². The molecule has 0 amide bonds. The summed E-state index contributed by atoms with van der Waals surface area (Å²) in [6, 6.07) is 4.12. The number of pyridine rings is 1. The summed E-state index contributed by atoms with van der Waals surface area (Å²) in [6.45, 7) is 6.48. The first-order valence-corrected chi connectivity index (χ1v) is 5.82. The molecule has 1 heterocycles. The number of halogens is 1. The molecular formula is C11H17BrN2. The maximum Gasteiger partial charge on any atom is 0.0413 e. The fraction of sp³-hybridized carbons (Fsp3) is 0.545. The fourth-order valence-corrected chi connectivity index (χ4v) is 1.58. The summed E-state index contributed by atoms with van der Waals surface area (Å²) in [4.78, 5) is 4.35. The second-order valence-corrected chi connectivity index (χ2v) is 4.50. The Morgan fingerprint density at radius 1 is 1.50 bits per heavy atom. The molecular weight excluding hydrogens is 240 g/mol. The molecule has 0 aliphatic rings. The highest BCUT2D eigenvalue weighted by Gasteiger charge is 2.03. The van der Waals surface area contributed by atoms with Gasteiger partial charge < -0.3 is 5.32 Å². The molecule has 0 fully saturated rings. The molecule has 0 saturated carbocycles. The van der Waals surface area contributed by atoms with E-state index in [1.165, 1.54) is 5.69 Å². The number of nitrogens with zero attached hydrogens (tertiary/aromatic N) is 1. The SMILES string of the molecule is CCNCC(C)Cc1ccc(Br)cn1. The van der Waals surface area contributed by atoms with Gasteiger partial charge in [0.15, 0.2) is 0 Å². The van der Waals surface area contributed by atoms with Gasteiger partial charge in [0.2, 0.25) is 0 Å². The van der Waals surface area contributed by atoms with E-state index in [0.717, 1.165) is 24.0 Å². The molecule has 0 aliphatic heterocycles. The van der Waals surface area contributed by atoms with Crippen molar-refractivity contribution in [3.63, 3.8) is 0 Å². The second kappa shape index (κ2) is 6.14. The third kappa shape index (κ3) is 4.20. The van der Waals surface area contributed by atoms with E-state index in [0.29, 0.717) is 5.92 Å². The van der Waals surface area contributed by atoms with E-state index in [-0.39, 0.29) is 0 Å². The third-order valence-corrected chi connectivity index (χ3v) is 2.56. The lowest BCUT2D eigenvalue weighted by Gasteiger charge is -2.10. The second-order valence-electron chi connectivity index (χ2n) is 3.58. The molecule has 1 N–H and O–H groups in total. The Kier molecular flexibility index (Phi) is 5.12. The Morgan fingerprint density at radius 3 is 2.86 bits per heavy atom. The molecule has 1 aromatic heterocycles. The van der Waals surface area contributed by atoms with Crippen molar-refractivity contribution in [3.8, 4) is 0 Å². The van der Waals surface area contributed by atoms with E-state index in [1.54, 1.807) is 0 Å². The van der Waals surface area contributed by atoms with Gasteiger partial charge in [-0.15, -0.1) is 0 Å². The standard InChI is InChI=1S/C11H17BrN2/c1-3-13-7-9(2)6-11-5-4-10(12)8-14-11/h4-5,8-9,13H,3,6-7H2,1-2H3. The quantitative estimate of drug-likeness (QED) is 0.877. The van der Waals surface area contributed by atoms with Crippen LogP contribution in [0.15, 0.2) is 22.8 Å². The van der Waals surface area contributed by atoms with Crippen molar-refractivity contribution in [2.75, 3.05) is 13.1 Å². The van der Waals surface area contributed by atoms with Crippen LogP contribution in [0.5, 0.6) is 0 Å². The summed E-state index contributed by atoms with van der Waals surface area (Å²) in [7, 11) is 0. The monoisotopic (exact) mass is 256 g/mol. The molecule has 2 nitrogen and oxygen atoms in total. The lowest BCUT2D eigenvalue weighted by Crippen LogP contribution is -2.22. The first-order valence-electron chi connectivity index (χ1n) is 5.03. The van der Waals surface area contributed by atoms with Crippen LogP contribution >= 0.6 is 15.9 Å².